The molecule has 2 heterocycles. The molecular weight excluding hydrogens is 148 g/mol. The van der Waals surface area contributed by atoms with Gasteiger partial charge in [-0.15, -0.1) is 0 Å². The van der Waals surface area contributed by atoms with E-state index in [1.165, 1.54) is 12.2 Å². The van der Waals surface area contributed by atoms with E-state index in [1.54, 1.807) is 5.57 Å². The molecule has 2 aliphatic rings. The van der Waals surface area contributed by atoms with Gasteiger partial charge in [0, 0.05) is 43.9 Å². The summed E-state index contributed by atoms with van der Waals surface area (Å²) in [6.07, 6.45) is 4.30. The molecule has 2 rings (SSSR count). The van der Waals surface area contributed by atoms with Crippen LogP contribution < -0.4 is 0 Å². The molecule has 0 unspecified atom stereocenters. The molecule has 2 nitrogen and oxygen atoms in total. The van der Waals surface area contributed by atoms with Crippen molar-refractivity contribution >= 4 is 6.21 Å². The van der Waals surface area contributed by atoms with Gasteiger partial charge < -0.3 is 0 Å². The lowest BCUT2D eigenvalue weighted by Crippen LogP contribution is -2.36. The molecular formula is C10H16N2. The van der Waals surface area contributed by atoms with Gasteiger partial charge in [-0.3, -0.25) is 9.89 Å². The molecule has 0 amide bonds. The molecule has 0 aromatic heterocycles. The largest absolute Gasteiger partial charge is 0.297 e. The van der Waals surface area contributed by atoms with E-state index in [9.17, 15) is 0 Å². The Morgan fingerprint density at radius 1 is 1.50 bits per heavy atom. The van der Waals surface area contributed by atoms with E-state index in [4.69, 9.17) is 0 Å². The molecule has 0 saturated heterocycles. The summed E-state index contributed by atoms with van der Waals surface area (Å²) in [5, 5.41) is 0. The van der Waals surface area contributed by atoms with Crippen LogP contribution in [0.2, 0.25) is 0 Å². The van der Waals surface area contributed by atoms with Crippen LogP contribution in [0.15, 0.2) is 16.3 Å². The normalized spacial score (nSPS) is 23.9. The number of hydrogen-bond acceptors (Lipinski definition) is 2. The van der Waals surface area contributed by atoms with Crippen LogP contribution in [0.25, 0.3) is 0 Å². The van der Waals surface area contributed by atoms with Crippen LogP contribution in [0.1, 0.15) is 26.7 Å². The summed E-state index contributed by atoms with van der Waals surface area (Å²) in [5.74, 6) is 0. The van der Waals surface area contributed by atoms with Gasteiger partial charge in [0.05, 0.1) is 0 Å². The second kappa shape index (κ2) is 3.02. The minimum Gasteiger partial charge on any atom is -0.297 e. The highest BCUT2D eigenvalue weighted by atomic mass is 15.2. The van der Waals surface area contributed by atoms with Crippen LogP contribution in [0.3, 0.4) is 0 Å². The van der Waals surface area contributed by atoms with Gasteiger partial charge in [-0.1, -0.05) is 0 Å². The Morgan fingerprint density at radius 3 is 3.08 bits per heavy atom. The zero-order valence-electron chi connectivity index (χ0n) is 7.88. The second-order valence-electron chi connectivity index (χ2n) is 3.88. The van der Waals surface area contributed by atoms with Gasteiger partial charge in [0.15, 0.2) is 0 Å². The molecule has 0 aromatic rings. The summed E-state index contributed by atoms with van der Waals surface area (Å²) < 4.78 is 0. The van der Waals surface area contributed by atoms with E-state index < -0.39 is 0 Å². The number of rotatable bonds is 1. The van der Waals surface area contributed by atoms with Gasteiger partial charge in [-0.2, -0.15) is 0 Å². The maximum absolute atomic E-state index is 4.38. The SMILES string of the molecule is CC(C)N1CCC2=C(CC=N2)C1. The molecule has 2 heteroatoms. The molecule has 2 aliphatic heterocycles. The molecule has 12 heavy (non-hydrogen) atoms. The summed E-state index contributed by atoms with van der Waals surface area (Å²) in [7, 11) is 0. The standard InChI is InChI=1S/C10H16N2/c1-8(2)12-6-4-10-9(7-12)3-5-11-10/h5,8H,3-4,6-7H2,1-2H3. The van der Waals surface area contributed by atoms with E-state index in [0.717, 1.165) is 19.4 Å². The first kappa shape index (κ1) is 7.99. The monoisotopic (exact) mass is 164 g/mol. The van der Waals surface area contributed by atoms with Crippen LogP contribution in [0.4, 0.5) is 0 Å². The number of nitrogens with zero attached hydrogens (tertiary/aromatic N) is 2. The van der Waals surface area contributed by atoms with Crippen LogP contribution in [-0.4, -0.2) is 30.2 Å². The molecule has 0 fully saturated rings. The molecule has 0 N–H and O–H groups in total. The quantitative estimate of drug-likeness (QED) is 0.577. The number of hydrogen-bond donors (Lipinski definition) is 0. The molecule has 0 aliphatic carbocycles. The average molecular weight is 164 g/mol. The van der Waals surface area contributed by atoms with Gasteiger partial charge in [0.1, 0.15) is 0 Å². The summed E-state index contributed by atoms with van der Waals surface area (Å²) in [6.45, 7) is 6.86. The summed E-state index contributed by atoms with van der Waals surface area (Å²) in [4.78, 5) is 6.90. The van der Waals surface area contributed by atoms with Crippen molar-refractivity contribution < 1.29 is 0 Å². The fourth-order valence-corrected chi connectivity index (χ4v) is 1.89. The lowest BCUT2D eigenvalue weighted by Gasteiger charge is -2.30. The van der Waals surface area contributed by atoms with Crippen molar-refractivity contribution in [3.63, 3.8) is 0 Å². The van der Waals surface area contributed by atoms with Gasteiger partial charge in [-0.05, 0) is 19.4 Å². The van der Waals surface area contributed by atoms with Gasteiger partial charge >= 0.3 is 0 Å². The molecule has 0 saturated carbocycles. The van der Waals surface area contributed by atoms with Crippen LogP contribution in [0, 0.1) is 0 Å². The Labute approximate surface area is 74.0 Å². The van der Waals surface area contributed by atoms with Crippen molar-refractivity contribution in [1.29, 1.82) is 0 Å². The third-order valence-electron chi connectivity index (χ3n) is 2.75. The van der Waals surface area contributed by atoms with Crippen molar-refractivity contribution in [3.05, 3.63) is 11.3 Å². The molecule has 0 radical (unpaired) electrons. The van der Waals surface area contributed by atoms with Crippen molar-refractivity contribution in [2.75, 3.05) is 13.1 Å². The third kappa shape index (κ3) is 1.31. The second-order valence-corrected chi connectivity index (χ2v) is 3.88. The first-order valence-corrected chi connectivity index (χ1v) is 4.75. The van der Waals surface area contributed by atoms with E-state index in [2.05, 4.69) is 30.0 Å². The topological polar surface area (TPSA) is 15.6 Å². The fourth-order valence-electron chi connectivity index (χ4n) is 1.89. The highest BCUT2D eigenvalue weighted by Crippen LogP contribution is 2.25. The Morgan fingerprint density at radius 2 is 2.33 bits per heavy atom. The summed E-state index contributed by atoms with van der Waals surface area (Å²) in [6, 6.07) is 0.680. The lowest BCUT2D eigenvalue weighted by molar-refractivity contribution is 0.231. The molecule has 0 aromatic carbocycles. The Hall–Kier alpha value is -0.630. The first-order valence-electron chi connectivity index (χ1n) is 4.75. The lowest BCUT2D eigenvalue weighted by atomic mass is 10.0. The van der Waals surface area contributed by atoms with Gasteiger partial charge in [-0.25, -0.2) is 0 Å². The van der Waals surface area contributed by atoms with Crippen molar-refractivity contribution in [1.82, 2.24) is 4.90 Å². The average Bonchev–Trinajstić information content (AvgIpc) is 2.49. The smallest absolute Gasteiger partial charge is 0.0421 e. The van der Waals surface area contributed by atoms with E-state index in [1.807, 2.05) is 0 Å². The van der Waals surface area contributed by atoms with Crippen molar-refractivity contribution in [2.24, 2.45) is 4.99 Å². The van der Waals surface area contributed by atoms with Crippen LogP contribution in [0.5, 0.6) is 0 Å². The molecule has 0 bridgehead atoms. The third-order valence-corrected chi connectivity index (χ3v) is 2.75. The van der Waals surface area contributed by atoms with Crippen molar-refractivity contribution in [3.8, 4) is 0 Å². The Bertz CT molecular complexity index is 238. The molecule has 66 valence electrons. The first-order chi connectivity index (χ1) is 5.77. The molecule has 0 spiro atoms. The highest BCUT2D eigenvalue weighted by Gasteiger charge is 2.21. The van der Waals surface area contributed by atoms with Crippen molar-refractivity contribution in [2.45, 2.75) is 32.7 Å². The predicted molar refractivity (Wildman–Crippen MR) is 51.5 cm³/mol. The predicted octanol–water partition coefficient (Wildman–Crippen LogP) is 1.83. The van der Waals surface area contributed by atoms with Gasteiger partial charge in [0.25, 0.3) is 0 Å². The number of aliphatic imine (C=N–C) groups is 1. The zero-order chi connectivity index (χ0) is 8.55. The summed E-state index contributed by atoms with van der Waals surface area (Å²) in [5.41, 5.74) is 2.92. The fraction of sp³-hybridized carbons (Fsp3) is 0.700. The summed E-state index contributed by atoms with van der Waals surface area (Å²) >= 11 is 0. The maximum Gasteiger partial charge on any atom is 0.0421 e. The van der Waals surface area contributed by atoms with E-state index in [-0.39, 0.29) is 0 Å². The van der Waals surface area contributed by atoms with Gasteiger partial charge in [0.2, 0.25) is 0 Å². The minimum atomic E-state index is 0.680. The van der Waals surface area contributed by atoms with E-state index >= 15 is 0 Å². The van der Waals surface area contributed by atoms with Crippen LogP contribution >= 0.6 is 0 Å². The highest BCUT2D eigenvalue weighted by molar-refractivity contribution is 5.67. The molecule has 0 atom stereocenters. The van der Waals surface area contributed by atoms with Crippen LogP contribution in [-0.2, 0) is 0 Å². The zero-order valence-corrected chi connectivity index (χ0v) is 7.88. The maximum atomic E-state index is 4.38. The Balaban J connectivity index is 2.06. The Kier molecular flexibility index (Phi) is 2.01. The minimum absolute atomic E-state index is 0.680. The van der Waals surface area contributed by atoms with E-state index in [0.29, 0.717) is 6.04 Å².